The van der Waals surface area contributed by atoms with E-state index in [2.05, 4.69) is 10.3 Å². The molecule has 0 saturated carbocycles. The number of pyridine rings is 1. The molecule has 2 aliphatic heterocycles. The molecule has 1 aromatic heterocycles. The van der Waals surface area contributed by atoms with Crippen molar-refractivity contribution in [1.82, 2.24) is 10.3 Å². The first-order valence-electron chi connectivity index (χ1n) is 10.1. The number of benzene rings is 1. The molecule has 0 bridgehead atoms. The van der Waals surface area contributed by atoms with Crippen molar-refractivity contribution in [2.75, 3.05) is 24.7 Å². The fourth-order valence-corrected chi connectivity index (χ4v) is 5.94. The topological polar surface area (TPSA) is 85.4 Å². The number of hydrogen-bond donors (Lipinski definition) is 1. The Bertz CT molecular complexity index is 1020. The summed E-state index contributed by atoms with van der Waals surface area (Å²) in [5, 5.41) is 2.92. The number of nitrogens with zero attached hydrogens (tertiary/aromatic N) is 1. The van der Waals surface area contributed by atoms with Crippen LogP contribution in [0.25, 0.3) is 11.1 Å². The van der Waals surface area contributed by atoms with Crippen LogP contribution < -0.4 is 5.32 Å². The molecular formula is C22H25FN2O4S. The summed E-state index contributed by atoms with van der Waals surface area (Å²) in [6, 6.07) is 8.32. The van der Waals surface area contributed by atoms with E-state index in [-0.39, 0.29) is 35.7 Å². The Morgan fingerprint density at radius 3 is 2.67 bits per heavy atom. The van der Waals surface area contributed by atoms with Crippen LogP contribution in [0.15, 0.2) is 42.7 Å². The van der Waals surface area contributed by atoms with E-state index in [1.165, 1.54) is 6.07 Å². The predicted molar refractivity (Wildman–Crippen MR) is 111 cm³/mol. The van der Waals surface area contributed by atoms with Crippen molar-refractivity contribution in [2.45, 2.75) is 31.7 Å². The maximum Gasteiger partial charge on any atom is 0.226 e. The number of nitrogens with one attached hydrogen (secondary N) is 1. The molecule has 3 heterocycles. The Morgan fingerprint density at radius 1 is 1.23 bits per heavy atom. The lowest BCUT2D eigenvalue weighted by molar-refractivity contribution is -0.137. The van der Waals surface area contributed by atoms with Crippen LogP contribution in [-0.4, -0.2) is 50.1 Å². The second-order valence-electron chi connectivity index (χ2n) is 8.19. The first-order chi connectivity index (χ1) is 14.4. The summed E-state index contributed by atoms with van der Waals surface area (Å²) in [4.78, 5) is 17.3. The molecule has 0 unspecified atom stereocenters. The third-order valence-corrected chi connectivity index (χ3v) is 7.84. The van der Waals surface area contributed by atoms with E-state index in [4.69, 9.17) is 4.74 Å². The SMILES string of the molecule is O=C(N[C@@H]1CCS(=O)(=O)C1)C1(Cc2ccc(-c3cccnc3)cc2F)CCOCC1. The summed E-state index contributed by atoms with van der Waals surface area (Å²) >= 11 is 0. The average Bonchev–Trinajstić information content (AvgIpc) is 3.09. The van der Waals surface area contributed by atoms with Crippen molar-refractivity contribution in [1.29, 1.82) is 0 Å². The molecule has 2 aromatic rings. The van der Waals surface area contributed by atoms with Gasteiger partial charge in [0.2, 0.25) is 5.91 Å². The normalized spacial score (nSPS) is 22.5. The molecule has 6 nitrogen and oxygen atoms in total. The van der Waals surface area contributed by atoms with Crippen LogP contribution in [0, 0.1) is 11.2 Å². The summed E-state index contributed by atoms with van der Waals surface area (Å²) in [5.74, 6) is -0.500. The first kappa shape index (κ1) is 20.9. The van der Waals surface area contributed by atoms with E-state index in [1.54, 1.807) is 24.5 Å². The summed E-state index contributed by atoms with van der Waals surface area (Å²) in [7, 11) is -3.09. The Kier molecular flexibility index (Phi) is 5.88. The summed E-state index contributed by atoms with van der Waals surface area (Å²) in [6.45, 7) is 0.845. The second-order valence-corrected chi connectivity index (χ2v) is 10.4. The van der Waals surface area contributed by atoms with E-state index < -0.39 is 15.3 Å². The molecule has 160 valence electrons. The lowest BCUT2D eigenvalue weighted by atomic mass is 9.74. The van der Waals surface area contributed by atoms with Gasteiger partial charge in [-0.15, -0.1) is 0 Å². The molecule has 2 aliphatic rings. The Balaban J connectivity index is 1.55. The van der Waals surface area contributed by atoms with Gasteiger partial charge in [0.25, 0.3) is 0 Å². The van der Waals surface area contributed by atoms with Crippen LogP contribution in [0.1, 0.15) is 24.8 Å². The van der Waals surface area contributed by atoms with Gasteiger partial charge in [-0.25, -0.2) is 12.8 Å². The maximum atomic E-state index is 15.0. The number of halogens is 1. The fourth-order valence-electron chi connectivity index (χ4n) is 4.26. The highest BCUT2D eigenvalue weighted by Gasteiger charge is 2.42. The van der Waals surface area contributed by atoms with Gasteiger partial charge in [-0.1, -0.05) is 18.2 Å². The van der Waals surface area contributed by atoms with Crippen LogP contribution in [0.3, 0.4) is 0 Å². The van der Waals surface area contributed by atoms with Crippen molar-refractivity contribution in [3.63, 3.8) is 0 Å². The van der Waals surface area contributed by atoms with Gasteiger partial charge in [0.05, 0.1) is 16.9 Å². The lowest BCUT2D eigenvalue weighted by Crippen LogP contribution is -2.49. The van der Waals surface area contributed by atoms with Crippen molar-refractivity contribution >= 4 is 15.7 Å². The van der Waals surface area contributed by atoms with Crippen LogP contribution in [0.2, 0.25) is 0 Å². The summed E-state index contributed by atoms with van der Waals surface area (Å²) < 4.78 is 43.9. The molecule has 4 rings (SSSR count). The standard InChI is InChI=1S/C22H25FN2O4S/c23-20-12-16(18-2-1-8-24-14-18)3-4-17(20)13-22(6-9-29-10-7-22)21(26)25-19-5-11-30(27,28)15-19/h1-4,8,12,14,19H,5-7,9-11,13,15H2,(H,25,26)/t19-/m1/s1. The van der Waals surface area contributed by atoms with E-state index >= 15 is 0 Å². The number of hydrogen-bond acceptors (Lipinski definition) is 5. The van der Waals surface area contributed by atoms with Crippen LogP contribution >= 0.6 is 0 Å². The smallest absolute Gasteiger partial charge is 0.226 e. The molecule has 0 spiro atoms. The zero-order valence-electron chi connectivity index (χ0n) is 16.6. The van der Waals surface area contributed by atoms with Crippen LogP contribution in [-0.2, 0) is 25.8 Å². The van der Waals surface area contributed by atoms with Gasteiger partial charge in [-0.2, -0.15) is 0 Å². The van der Waals surface area contributed by atoms with E-state index in [0.29, 0.717) is 38.0 Å². The molecule has 1 atom stereocenters. The van der Waals surface area contributed by atoms with Gasteiger partial charge < -0.3 is 10.1 Å². The monoisotopic (exact) mass is 432 g/mol. The highest BCUT2D eigenvalue weighted by molar-refractivity contribution is 7.91. The minimum absolute atomic E-state index is 0.0283. The Hall–Kier alpha value is -2.32. The summed E-state index contributed by atoms with van der Waals surface area (Å²) in [6.07, 6.45) is 4.97. The van der Waals surface area contributed by atoms with Gasteiger partial charge in [0.1, 0.15) is 5.82 Å². The molecule has 1 amide bonds. The Labute approximate surface area is 175 Å². The molecule has 0 radical (unpaired) electrons. The number of ether oxygens (including phenoxy) is 1. The number of carbonyl (C=O) groups excluding carboxylic acids is 1. The molecule has 1 N–H and O–H groups in total. The van der Waals surface area contributed by atoms with Gasteiger partial charge in [0, 0.05) is 37.2 Å². The number of amides is 1. The van der Waals surface area contributed by atoms with Gasteiger partial charge in [-0.05, 0) is 48.9 Å². The lowest BCUT2D eigenvalue weighted by Gasteiger charge is -2.36. The highest BCUT2D eigenvalue weighted by atomic mass is 32.2. The minimum Gasteiger partial charge on any atom is -0.381 e. The maximum absolute atomic E-state index is 15.0. The highest BCUT2D eigenvalue weighted by Crippen LogP contribution is 2.36. The summed E-state index contributed by atoms with van der Waals surface area (Å²) in [5.41, 5.74) is 1.22. The molecule has 8 heteroatoms. The molecule has 2 saturated heterocycles. The number of carbonyl (C=O) groups is 1. The third kappa shape index (κ3) is 4.54. The predicted octanol–water partition coefficient (Wildman–Crippen LogP) is 2.53. The number of sulfone groups is 1. The zero-order valence-corrected chi connectivity index (χ0v) is 17.5. The fraction of sp³-hybridized carbons (Fsp3) is 0.455. The minimum atomic E-state index is -3.09. The molecule has 1 aromatic carbocycles. The third-order valence-electron chi connectivity index (χ3n) is 6.08. The van der Waals surface area contributed by atoms with E-state index in [0.717, 1.165) is 11.1 Å². The molecular weight excluding hydrogens is 407 g/mol. The van der Waals surface area contributed by atoms with E-state index in [9.17, 15) is 17.6 Å². The average molecular weight is 433 g/mol. The number of rotatable bonds is 5. The van der Waals surface area contributed by atoms with E-state index in [1.807, 2.05) is 12.1 Å². The van der Waals surface area contributed by atoms with Crippen molar-refractivity contribution < 1.29 is 22.3 Å². The van der Waals surface area contributed by atoms with Crippen LogP contribution in [0.5, 0.6) is 0 Å². The largest absolute Gasteiger partial charge is 0.381 e. The quantitative estimate of drug-likeness (QED) is 0.785. The first-order valence-corrected chi connectivity index (χ1v) is 12.0. The van der Waals surface area contributed by atoms with Gasteiger partial charge >= 0.3 is 0 Å². The zero-order chi connectivity index (χ0) is 21.2. The number of aromatic nitrogens is 1. The van der Waals surface area contributed by atoms with Gasteiger partial charge in [0.15, 0.2) is 9.84 Å². The molecule has 0 aliphatic carbocycles. The van der Waals surface area contributed by atoms with Crippen molar-refractivity contribution in [3.05, 3.63) is 54.1 Å². The Morgan fingerprint density at radius 2 is 2.03 bits per heavy atom. The van der Waals surface area contributed by atoms with Crippen LogP contribution in [0.4, 0.5) is 4.39 Å². The van der Waals surface area contributed by atoms with Crippen molar-refractivity contribution in [2.24, 2.45) is 5.41 Å². The molecule has 2 fully saturated rings. The van der Waals surface area contributed by atoms with Crippen molar-refractivity contribution in [3.8, 4) is 11.1 Å². The second kappa shape index (κ2) is 8.43. The molecule has 30 heavy (non-hydrogen) atoms. The van der Waals surface area contributed by atoms with Gasteiger partial charge in [-0.3, -0.25) is 9.78 Å².